The van der Waals surface area contributed by atoms with Crippen molar-refractivity contribution in [3.63, 3.8) is 0 Å². The third kappa shape index (κ3) is 2.73. The smallest absolute Gasteiger partial charge is 0.0703 e. The average Bonchev–Trinajstić information content (AvgIpc) is 2.88. The molecule has 2 bridgehead atoms. The van der Waals surface area contributed by atoms with Gasteiger partial charge in [0, 0.05) is 25.2 Å². The van der Waals surface area contributed by atoms with E-state index in [4.69, 9.17) is 9.47 Å². The van der Waals surface area contributed by atoms with Crippen molar-refractivity contribution in [2.45, 2.75) is 82.8 Å². The first-order chi connectivity index (χ1) is 8.72. The molecule has 104 valence electrons. The standard InChI is InChI=1S/C15H27NO2/c1-11(2)18-15-8-12-5-6-13(9-15)16(12)10-14-4-3-7-17-14/h11-15H,3-10H2,1-2H3/t12-,13+,14?,15-. The molecule has 0 N–H and O–H groups in total. The van der Waals surface area contributed by atoms with E-state index in [2.05, 4.69) is 18.7 Å². The predicted octanol–water partition coefficient (Wildman–Crippen LogP) is 2.59. The molecule has 4 atom stereocenters. The second kappa shape index (κ2) is 5.48. The number of ether oxygens (including phenoxy) is 2. The monoisotopic (exact) mass is 253 g/mol. The van der Waals surface area contributed by atoms with Crippen LogP contribution in [0.4, 0.5) is 0 Å². The van der Waals surface area contributed by atoms with Crippen molar-refractivity contribution in [2.75, 3.05) is 13.2 Å². The van der Waals surface area contributed by atoms with Crippen molar-refractivity contribution >= 4 is 0 Å². The summed E-state index contributed by atoms with van der Waals surface area (Å²) in [6.07, 6.45) is 9.13. The van der Waals surface area contributed by atoms with Crippen molar-refractivity contribution in [2.24, 2.45) is 0 Å². The predicted molar refractivity (Wildman–Crippen MR) is 71.7 cm³/mol. The van der Waals surface area contributed by atoms with Crippen LogP contribution in [-0.4, -0.2) is 48.4 Å². The Labute approximate surface area is 111 Å². The van der Waals surface area contributed by atoms with Gasteiger partial charge in [0.1, 0.15) is 0 Å². The van der Waals surface area contributed by atoms with Gasteiger partial charge in [0.05, 0.1) is 18.3 Å². The first kappa shape index (κ1) is 12.9. The van der Waals surface area contributed by atoms with Gasteiger partial charge in [-0.3, -0.25) is 4.90 Å². The first-order valence-electron chi connectivity index (χ1n) is 7.75. The Bertz CT molecular complexity index is 262. The molecule has 3 fully saturated rings. The molecule has 3 heterocycles. The molecule has 0 aromatic rings. The molecule has 0 amide bonds. The Balaban J connectivity index is 1.55. The zero-order valence-corrected chi connectivity index (χ0v) is 11.8. The number of hydrogen-bond acceptors (Lipinski definition) is 3. The molecule has 1 unspecified atom stereocenters. The fourth-order valence-electron chi connectivity index (χ4n) is 4.04. The molecule has 3 rings (SSSR count). The molecule has 0 spiro atoms. The Morgan fingerprint density at radius 3 is 2.44 bits per heavy atom. The highest BCUT2D eigenvalue weighted by Crippen LogP contribution is 2.37. The Kier molecular flexibility index (Phi) is 3.92. The highest BCUT2D eigenvalue weighted by Gasteiger charge is 2.42. The quantitative estimate of drug-likeness (QED) is 0.768. The second-order valence-electron chi connectivity index (χ2n) is 6.50. The van der Waals surface area contributed by atoms with Crippen molar-refractivity contribution in [1.82, 2.24) is 4.90 Å². The van der Waals surface area contributed by atoms with Crippen molar-refractivity contribution in [3.8, 4) is 0 Å². The summed E-state index contributed by atoms with van der Waals surface area (Å²) in [7, 11) is 0. The molecule has 0 saturated carbocycles. The van der Waals surface area contributed by atoms with Gasteiger partial charge < -0.3 is 9.47 Å². The Morgan fingerprint density at radius 1 is 1.17 bits per heavy atom. The minimum absolute atomic E-state index is 0.374. The van der Waals surface area contributed by atoms with Gasteiger partial charge in [-0.1, -0.05) is 0 Å². The topological polar surface area (TPSA) is 21.7 Å². The maximum Gasteiger partial charge on any atom is 0.0703 e. The maximum atomic E-state index is 6.03. The molecular weight excluding hydrogens is 226 g/mol. The number of nitrogens with zero attached hydrogens (tertiary/aromatic N) is 1. The van der Waals surface area contributed by atoms with E-state index >= 15 is 0 Å². The normalized spacial score (nSPS) is 40.8. The number of hydrogen-bond donors (Lipinski definition) is 0. The van der Waals surface area contributed by atoms with E-state index in [-0.39, 0.29) is 0 Å². The summed E-state index contributed by atoms with van der Waals surface area (Å²) >= 11 is 0. The van der Waals surface area contributed by atoms with Gasteiger partial charge in [0.2, 0.25) is 0 Å². The van der Waals surface area contributed by atoms with Crippen molar-refractivity contribution in [1.29, 1.82) is 0 Å². The molecule has 0 aromatic heterocycles. The average molecular weight is 253 g/mol. The summed E-state index contributed by atoms with van der Waals surface area (Å²) in [6, 6.07) is 1.52. The van der Waals surface area contributed by atoms with Crippen LogP contribution in [0.2, 0.25) is 0 Å². The molecule has 3 heteroatoms. The van der Waals surface area contributed by atoms with Crippen LogP contribution in [0, 0.1) is 0 Å². The zero-order valence-electron chi connectivity index (χ0n) is 11.8. The van der Waals surface area contributed by atoms with E-state index in [0.29, 0.717) is 18.3 Å². The fraction of sp³-hybridized carbons (Fsp3) is 1.00. The molecule has 3 saturated heterocycles. The lowest BCUT2D eigenvalue weighted by molar-refractivity contribution is -0.0569. The van der Waals surface area contributed by atoms with Crippen LogP contribution in [0.25, 0.3) is 0 Å². The van der Waals surface area contributed by atoms with E-state index in [1.54, 1.807) is 0 Å². The third-order valence-electron chi connectivity index (χ3n) is 4.74. The molecule has 0 aromatic carbocycles. The number of rotatable bonds is 4. The minimum Gasteiger partial charge on any atom is -0.377 e. The van der Waals surface area contributed by atoms with Crippen LogP contribution in [0.5, 0.6) is 0 Å². The first-order valence-corrected chi connectivity index (χ1v) is 7.75. The van der Waals surface area contributed by atoms with E-state index in [1.165, 1.54) is 45.1 Å². The summed E-state index contributed by atoms with van der Waals surface area (Å²) in [5.74, 6) is 0. The molecule has 18 heavy (non-hydrogen) atoms. The van der Waals surface area contributed by atoms with Crippen molar-refractivity contribution in [3.05, 3.63) is 0 Å². The minimum atomic E-state index is 0.374. The lowest BCUT2D eigenvalue weighted by Crippen LogP contribution is -2.48. The summed E-state index contributed by atoms with van der Waals surface area (Å²) in [6.45, 7) is 6.46. The van der Waals surface area contributed by atoms with Crippen LogP contribution in [0.1, 0.15) is 52.4 Å². The van der Waals surface area contributed by atoms with Gasteiger partial charge in [0.15, 0.2) is 0 Å². The molecule has 3 aliphatic rings. The van der Waals surface area contributed by atoms with Crippen LogP contribution in [0.3, 0.4) is 0 Å². The van der Waals surface area contributed by atoms with Crippen LogP contribution < -0.4 is 0 Å². The third-order valence-corrected chi connectivity index (χ3v) is 4.74. The summed E-state index contributed by atoms with van der Waals surface area (Å²) in [5.41, 5.74) is 0. The maximum absolute atomic E-state index is 6.03. The van der Waals surface area contributed by atoms with Gasteiger partial charge in [-0.05, 0) is 52.4 Å². The SMILES string of the molecule is CC(C)O[C@@H]1C[C@H]2CC[C@@H](C1)N2CC1CCCO1. The summed E-state index contributed by atoms with van der Waals surface area (Å²) in [5, 5.41) is 0. The highest BCUT2D eigenvalue weighted by atomic mass is 16.5. The molecule has 3 nitrogen and oxygen atoms in total. The summed E-state index contributed by atoms with van der Waals surface area (Å²) < 4.78 is 11.8. The largest absolute Gasteiger partial charge is 0.377 e. The van der Waals surface area contributed by atoms with Crippen LogP contribution in [0.15, 0.2) is 0 Å². The summed E-state index contributed by atoms with van der Waals surface area (Å²) in [4.78, 5) is 2.73. The number of piperidine rings is 1. The molecule has 3 aliphatic heterocycles. The van der Waals surface area contributed by atoms with Gasteiger partial charge in [-0.2, -0.15) is 0 Å². The molecular formula is C15H27NO2. The lowest BCUT2D eigenvalue weighted by atomic mass is 9.98. The Morgan fingerprint density at radius 2 is 1.89 bits per heavy atom. The van der Waals surface area contributed by atoms with Crippen LogP contribution >= 0.6 is 0 Å². The lowest BCUT2D eigenvalue weighted by Gasteiger charge is -2.40. The highest BCUT2D eigenvalue weighted by molar-refractivity contribution is 4.96. The number of fused-ring (bicyclic) bond motifs is 2. The molecule has 0 aliphatic carbocycles. The van der Waals surface area contributed by atoms with Crippen LogP contribution in [-0.2, 0) is 9.47 Å². The zero-order chi connectivity index (χ0) is 12.5. The Hall–Kier alpha value is -0.120. The van der Waals surface area contributed by atoms with Crippen molar-refractivity contribution < 1.29 is 9.47 Å². The van der Waals surface area contributed by atoms with Gasteiger partial charge >= 0.3 is 0 Å². The second-order valence-corrected chi connectivity index (χ2v) is 6.50. The van der Waals surface area contributed by atoms with E-state index in [1.807, 2.05) is 0 Å². The fourth-order valence-corrected chi connectivity index (χ4v) is 4.04. The van der Waals surface area contributed by atoms with E-state index in [9.17, 15) is 0 Å². The van der Waals surface area contributed by atoms with Gasteiger partial charge in [-0.15, -0.1) is 0 Å². The van der Waals surface area contributed by atoms with E-state index in [0.717, 1.165) is 18.7 Å². The van der Waals surface area contributed by atoms with Gasteiger partial charge in [0.25, 0.3) is 0 Å². The van der Waals surface area contributed by atoms with E-state index < -0.39 is 0 Å². The molecule has 0 radical (unpaired) electrons. The van der Waals surface area contributed by atoms with Gasteiger partial charge in [-0.25, -0.2) is 0 Å².